The number of anilines is 1. The maximum absolute atomic E-state index is 11.6. The van der Waals surface area contributed by atoms with Crippen molar-refractivity contribution in [3.63, 3.8) is 0 Å². The molecule has 0 aromatic carbocycles. The maximum atomic E-state index is 11.6. The highest BCUT2D eigenvalue weighted by molar-refractivity contribution is 6.31. The first-order valence-corrected chi connectivity index (χ1v) is 5.54. The van der Waals surface area contributed by atoms with E-state index in [1.165, 1.54) is 13.4 Å². The number of hydrogen-bond donors (Lipinski definition) is 0. The fraction of sp³-hybridized carbons (Fsp3) is 0.500. The molecule has 17 heavy (non-hydrogen) atoms. The Labute approximate surface area is 104 Å². The molecule has 0 bridgehead atoms. The third-order valence-corrected chi connectivity index (χ3v) is 2.97. The summed E-state index contributed by atoms with van der Waals surface area (Å²) in [7, 11) is 3.29. The number of nitrogens with zero attached hydrogens (tertiary/aromatic N) is 4. The van der Waals surface area contributed by atoms with Gasteiger partial charge in [-0.25, -0.2) is 9.97 Å². The number of hydrogen-bond acceptors (Lipinski definition) is 5. The zero-order chi connectivity index (χ0) is 12.4. The summed E-state index contributed by atoms with van der Waals surface area (Å²) >= 11 is 5.92. The van der Waals surface area contributed by atoms with Crippen molar-refractivity contribution in [2.75, 3.05) is 38.7 Å². The Hall–Kier alpha value is -1.56. The van der Waals surface area contributed by atoms with Gasteiger partial charge in [-0.2, -0.15) is 0 Å². The number of halogens is 1. The Morgan fingerprint density at radius 1 is 1.41 bits per heavy atom. The zero-order valence-corrected chi connectivity index (χ0v) is 10.4. The quantitative estimate of drug-likeness (QED) is 0.718. The molecule has 0 spiro atoms. The molecule has 0 aliphatic carbocycles. The predicted octanol–water partition coefficient (Wildman–Crippen LogP) is 0.417. The minimum absolute atomic E-state index is 0.0491. The summed E-state index contributed by atoms with van der Waals surface area (Å²) < 4.78 is 5.17. The lowest BCUT2D eigenvalue weighted by Crippen LogP contribution is -2.49. The number of rotatable bonds is 2. The van der Waals surface area contributed by atoms with Crippen LogP contribution in [-0.4, -0.2) is 54.6 Å². The highest BCUT2D eigenvalue weighted by atomic mass is 35.5. The van der Waals surface area contributed by atoms with Crippen LogP contribution in [0.15, 0.2) is 6.33 Å². The summed E-state index contributed by atoms with van der Waals surface area (Å²) in [6.45, 7) is 1.63. The van der Waals surface area contributed by atoms with Gasteiger partial charge in [-0.1, -0.05) is 11.6 Å². The molecule has 1 aromatic rings. The molecule has 0 radical (unpaired) electrons. The van der Waals surface area contributed by atoms with E-state index in [1.807, 2.05) is 4.90 Å². The van der Waals surface area contributed by atoms with Crippen LogP contribution < -0.4 is 9.64 Å². The Kier molecular flexibility index (Phi) is 3.33. The van der Waals surface area contributed by atoms with Gasteiger partial charge in [-0.15, -0.1) is 0 Å². The molecule has 0 N–H and O–H groups in total. The average Bonchev–Trinajstić information content (AvgIpc) is 2.32. The van der Waals surface area contributed by atoms with E-state index >= 15 is 0 Å². The smallest absolute Gasteiger partial charge is 0.241 e. The van der Waals surface area contributed by atoms with E-state index in [0.29, 0.717) is 24.7 Å². The molecule has 1 aliphatic heterocycles. The highest BCUT2D eigenvalue weighted by Crippen LogP contribution is 2.31. The number of methoxy groups -OCH3 is 1. The van der Waals surface area contributed by atoms with Gasteiger partial charge in [-0.05, 0) is 0 Å². The van der Waals surface area contributed by atoms with Crippen LogP contribution in [-0.2, 0) is 4.79 Å². The zero-order valence-electron chi connectivity index (χ0n) is 9.68. The van der Waals surface area contributed by atoms with E-state index in [9.17, 15) is 4.79 Å². The predicted molar refractivity (Wildman–Crippen MR) is 63.4 cm³/mol. The van der Waals surface area contributed by atoms with Crippen molar-refractivity contribution >= 4 is 23.3 Å². The molecule has 1 fully saturated rings. The van der Waals surface area contributed by atoms with Gasteiger partial charge in [0, 0.05) is 20.1 Å². The van der Waals surface area contributed by atoms with Crippen molar-refractivity contribution in [1.29, 1.82) is 0 Å². The maximum Gasteiger partial charge on any atom is 0.241 e. The Balaban J connectivity index is 2.28. The average molecular weight is 257 g/mol. The van der Waals surface area contributed by atoms with Crippen molar-refractivity contribution in [3.05, 3.63) is 11.5 Å². The van der Waals surface area contributed by atoms with Gasteiger partial charge < -0.3 is 14.5 Å². The van der Waals surface area contributed by atoms with Crippen LogP contribution in [0.5, 0.6) is 5.75 Å². The first-order chi connectivity index (χ1) is 8.13. The molecular weight excluding hydrogens is 244 g/mol. The number of ether oxygens (including phenoxy) is 1. The molecule has 2 rings (SSSR count). The van der Waals surface area contributed by atoms with Crippen LogP contribution in [0.1, 0.15) is 0 Å². The van der Waals surface area contributed by atoms with Crippen molar-refractivity contribution in [2.24, 2.45) is 0 Å². The van der Waals surface area contributed by atoms with Gasteiger partial charge >= 0.3 is 0 Å². The van der Waals surface area contributed by atoms with E-state index < -0.39 is 0 Å². The SMILES string of the molecule is COc1c(Cl)ncnc1N1CCN(C)C(=O)C1. The summed E-state index contributed by atoms with van der Waals surface area (Å²) in [6.07, 6.45) is 1.36. The lowest BCUT2D eigenvalue weighted by molar-refractivity contribution is -0.129. The second-order valence-corrected chi connectivity index (χ2v) is 4.12. The Morgan fingerprint density at radius 3 is 2.82 bits per heavy atom. The van der Waals surface area contributed by atoms with E-state index in [1.54, 1.807) is 11.9 Å². The van der Waals surface area contributed by atoms with Crippen molar-refractivity contribution < 1.29 is 9.53 Å². The molecule has 0 saturated carbocycles. The molecule has 7 heteroatoms. The van der Waals surface area contributed by atoms with E-state index in [-0.39, 0.29) is 17.6 Å². The first-order valence-electron chi connectivity index (χ1n) is 5.17. The molecular formula is C10H13ClN4O2. The van der Waals surface area contributed by atoms with Crippen LogP contribution in [0, 0.1) is 0 Å². The van der Waals surface area contributed by atoms with Gasteiger partial charge in [0.15, 0.2) is 16.7 Å². The van der Waals surface area contributed by atoms with Crippen molar-refractivity contribution in [2.45, 2.75) is 0 Å². The summed E-state index contributed by atoms with van der Waals surface area (Å²) in [5, 5.41) is 0.254. The number of likely N-dealkylation sites (N-methyl/N-ethyl adjacent to an activating group) is 1. The molecule has 2 heterocycles. The third-order valence-electron chi connectivity index (χ3n) is 2.70. The van der Waals surface area contributed by atoms with Crippen LogP contribution >= 0.6 is 11.6 Å². The Bertz CT molecular complexity index is 440. The fourth-order valence-corrected chi connectivity index (χ4v) is 1.89. The minimum atomic E-state index is 0.0491. The number of carbonyl (C=O) groups excluding carboxylic acids is 1. The van der Waals surface area contributed by atoms with E-state index in [2.05, 4.69) is 9.97 Å². The van der Waals surface area contributed by atoms with Gasteiger partial charge in [0.25, 0.3) is 0 Å². The van der Waals surface area contributed by atoms with Gasteiger partial charge in [0.2, 0.25) is 5.91 Å². The molecule has 6 nitrogen and oxygen atoms in total. The molecule has 1 aromatic heterocycles. The highest BCUT2D eigenvalue weighted by Gasteiger charge is 2.25. The second kappa shape index (κ2) is 4.75. The largest absolute Gasteiger partial charge is 0.490 e. The summed E-state index contributed by atoms with van der Waals surface area (Å²) in [5.41, 5.74) is 0. The lowest BCUT2D eigenvalue weighted by Gasteiger charge is -2.33. The van der Waals surface area contributed by atoms with Crippen LogP contribution in [0.25, 0.3) is 0 Å². The monoisotopic (exact) mass is 256 g/mol. The van der Waals surface area contributed by atoms with E-state index in [4.69, 9.17) is 16.3 Å². The minimum Gasteiger partial charge on any atom is -0.490 e. The van der Waals surface area contributed by atoms with Gasteiger partial charge in [-0.3, -0.25) is 4.79 Å². The van der Waals surface area contributed by atoms with E-state index in [0.717, 1.165) is 0 Å². The third kappa shape index (κ3) is 2.26. The van der Waals surface area contributed by atoms with Gasteiger partial charge in [0.1, 0.15) is 6.33 Å². The van der Waals surface area contributed by atoms with Gasteiger partial charge in [0.05, 0.1) is 13.7 Å². The second-order valence-electron chi connectivity index (χ2n) is 3.76. The summed E-state index contributed by atoms with van der Waals surface area (Å²) in [6, 6.07) is 0. The first kappa shape index (κ1) is 11.9. The number of piperazine rings is 1. The summed E-state index contributed by atoms with van der Waals surface area (Å²) in [5.74, 6) is 1.02. The topological polar surface area (TPSA) is 58.6 Å². The van der Waals surface area contributed by atoms with Crippen molar-refractivity contribution in [1.82, 2.24) is 14.9 Å². The molecule has 1 saturated heterocycles. The number of aromatic nitrogens is 2. The normalized spacial score (nSPS) is 16.3. The Morgan fingerprint density at radius 2 is 2.18 bits per heavy atom. The standard InChI is InChI=1S/C10H13ClN4O2/c1-14-3-4-15(5-7(14)16)10-8(17-2)9(11)12-6-13-10/h6H,3-5H2,1-2H3. The molecule has 1 aliphatic rings. The van der Waals surface area contributed by atoms with Crippen molar-refractivity contribution in [3.8, 4) is 5.75 Å². The van der Waals surface area contributed by atoms with Crippen LogP contribution in [0.2, 0.25) is 5.15 Å². The molecule has 0 atom stereocenters. The molecule has 0 unspecified atom stereocenters. The molecule has 1 amide bonds. The fourth-order valence-electron chi connectivity index (χ4n) is 1.68. The summed E-state index contributed by atoms with van der Waals surface area (Å²) in [4.78, 5) is 23.1. The lowest BCUT2D eigenvalue weighted by atomic mass is 10.3. The van der Waals surface area contributed by atoms with Crippen LogP contribution in [0.3, 0.4) is 0 Å². The number of amides is 1. The number of carbonyl (C=O) groups is 1. The van der Waals surface area contributed by atoms with Crippen LogP contribution in [0.4, 0.5) is 5.82 Å². The molecule has 92 valence electrons.